The molecule has 0 bridgehead atoms. The third-order valence-electron chi connectivity index (χ3n) is 4.61. The Labute approximate surface area is 169 Å². The number of anilines is 1. The Hall–Kier alpha value is -1.54. The maximum Gasteiger partial charge on any atom is 0.322 e. The molecule has 0 aromatic heterocycles. The number of nitrogens with zero attached hydrogens (tertiary/aromatic N) is 2. The second-order valence-electron chi connectivity index (χ2n) is 6.83. The zero-order valence-corrected chi connectivity index (χ0v) is 17.0. The molecular weight excluding hydrogens is 393 g/mol. The van der Waals surface area contributed by atoms with Crippen LogP contribution < -0.4 is 5.32 Å². The van der Waals surface area contributed by atoms with Crippen LogP contribution in [0, 0.1) is 0 Å². The van der Waals surface area contributed by atoms with E-state index < -0.39 is 5.97 Å². The first kappa shape index (κ1) is 21.8. The number of halogens is 2. The number of carbonyl (C=O) groups is 2. The smallest absolute Gasteiger partial charge is 0.322 e. The van der Waals surface area contributed by atoms with Gasteiger partial charge in [0, 0.05) is 31.6 Å². The minimum Gasteiger partial charge on any atom is -0.481 e. The Bertz CT molecular complexity index is 675. The zero-order valence-electron chi connectivity index (χ0n) is 15.5. The van der Waals surface area contributed by atoms with Crippen LogP contribution in [0.1, 0.15) is 19.8 Å². The molecule has 2 N–H and O–H groups in total. The number of hydrogen-bond donors (Lipinski definition) is 2. The first-order valence-corrected chi connectivity index (χ1v) is 9.49. The molecule has 2 heterocycles. The number of carbonyl (C=O) groups excluding carboxylic acids is 1. The summed E-state index contributed by atoms with van der Waals surface area (Å²) >= 11 is 12.0. The third kappa shape index (κ3) is 6.53. The van der Waals surface area contributed by atoms with Crippen molar-refractivity contribution in [2.45, 2.75) is 25.4 Å². The summed E-state index contributed by atoms with van der Waals surface area (Å²) in [6.45, 7) is 4.87. The number of hydrogen-bond acceptors (Lipinski definition) is 4. The summed E-state index contributed by atoms with van der Waals surface area (Å²) < 4.78 is 6.03. The molecule has 0 aliphatic carbocycles. The van der Waals surface area contributed by atoms with Crippen molar-refractivity contribution in [3.05, 3.63) is 28.2 Å². The molecule has 0 unspecified atom stereocenters. The van der Waals surface area contributed by atoms with Crippen molar-refractivity contribution in [2.75, 3.05) is 45.2 Å². The highest BCUT2D eigenvalue weighted by molar-refractivity contribution is 6.36. The number of rotatable bonds is 1. The number of nitrogens with one attached hydrogen (secondary N) is 1. The van der Waals surface area contributed by atoms with Gasteiger partial charge in [-0.2, -0.15) is 0 Å². The normalized spacial score (nSPS) is 19.2. The van der Waals surface area contributed by atoms with E-state index in [2.05, 4.69) is 17.3 Å². The predicted molar refractivity (Wildman–Crippen MR) is 106 cm³/mol. The van der Waals surface area contributed by atoms with Gasteiger partial charge < -0.3 is 25.0 Å². The summed E-state index contributed by atoms with van der Waals surface area (Å²) in [6, 6.07) is 4.90. The number of piperidine rings is 1. The number of benzene rings is 1. The summed E-state index contributed by atoms with van der Waals surface area (Å²) in [7, 11) is 2.11. The van der Waals surface area contributed by atoms with Crippen molar-refractivity contribution in [3.63, 3.8) is 0 Å². The molecule has 1 aromatic rings. The monoisotopic (exact) mass is 417 g/mol. The van der Waals surface area contributed by atoms with E-state index in [1.165, 1.54) is 0 Å². The second-order valence-corrected chi connectivity index (χ2v) is 7.67. The van der Waals surface area contributed by atoms with Gasteiger partial charge in [-0.15, -0.1) is 0 Å². The van der Waals surface area contributed by atoms with Crippen molar-refractivity contribution in [1.82, 2.24) is 9.80 Å². The molecule has 1 aromatic carbocycles. The van der Waals surface area contributed by atoms with E-state index in [1.807, 2.05) is 4.90 Å². The highest BCUT2D eigenvalue weighted by Crippen LogP contribution is 2.30. The number of morpholine rings is 1. The van der Waals surface area contributed by atoms with Crippen molar-refractivity contribution in [2.24, 2.45) is 0 Å². The second kappa shape index (κ2) is 9.59. The molecule has 0 saturated carbocycles. The van der Waals surface area contributed by atoms with Gasteiger partial charge in [-0.25, -0.2) is 4.79 Å². The number of amides is 2. The zero-order chi connectivity index (χ0) is 20.0. The van der Waals surface area contributed by atoms with Crippen LogP contribution in [-0.4, -0.2) is 72.3 Å². The van der Waals surface area contributed by atoms with Gasteiger partial charge in [0.25, 0.3) is 5.97 Å². The largest absolute Gasteiger partial charge is 0.481 e. The first-order chi connectivity index (χ1) is 12.7. The summed E-state index contributed by atoms with van der Waals surface area (Å²) in [5.74, 6) is -0.833. The van der Waals surface area contributed by atoms with Crippen molar-refractivity contribution in [1.29, 1.82) is 0 Å². The number of carboxylic acids is 1. The molecule has 7 nitrogen and oxygen atoms in total. The van der Waals surface area contributed by atoms with Crippen LogP contribution in [0.2, 0.25) is 10.0 Å². The average molecular weight is 418 g/mol. The van der Waals surface area contributed by atoms with Crippen LogP contribution in [0.15, 0.2) is 18.2 Å². The van der Waals surface area contributed by atoms with E-state index >= 15 is 0 Å². The Kier molecular flexibility index (Phi) is 7.73. The maximum absolute atomic E-state index is 12.6. The number of aliphatic carboxylic acids is 1. The van der Waals surface area contributed by atoms with Crippen LogP contribution in [0.5, 0.6) is 0 Å². The van der Waals surface area contributed by atoms with E-state index in [0.717, 1.165) is 32.9 Å². The molecule has 2 amide bonds. The molecule has 150 valence electrons. The Balaban J connectivity index is 0.000000596. The van der Waals surface area contributed by atoms with E-state index in [-0.39, 0.29) is 11.6 Å². The number of likely N-dealkylation sites (tertiary alicyclic amines) is 1. The molecule has 2 aliphatic rings. The van der Waals surface area contributed by atoms with E-state index in [9.17, 15) is 4.79 Å². The Morgan fingerprint density at radius 2 is 1.85 bits per heavy atom. The quantitative estimate of drug-likeness (QED) is 0.731. The van der Waals surface area contributed by atoms with Gasteiger partial charge in [0.15, 0.2) is 0 Å². The third-order valence-corrected chi connectivity index (χ3v) is 5.15. The lowest BCUT2D eigenvalue weighted by Crippen LogP contribution is -2.58. The van der Waals surface area contributed by atoms with E-state index in [1.54, 1.807) is 18.2 Å². The molecule has 27 heavy (non-hydrogen) atoms. The minimum atomic E-state index is -0.833. The van der Waals surface area contributed by atoms with Gasteiger partial charge in [0.1, 0.15) is 0 Å². The lowest BCUT2D eigenvalue weighted by molar-refractivity contribution is -0.134. The average Bonchev–Trinajstić information content (AvgIpc) is 2.60. The fourth-order valence-corrected chi connectivity index (χ4v) is 3.59. The number of urea groups is 1. The highest BCUT2D eigenvalue weighted by Gasteiger charge is 2.40. The van der Waals surface area contributed by atoms with Crippen LogP contribution >= 0.6 is 23.2 Å². The topological polar surface area (TPSA) is 82.1 Å². The predicted octanol–water partition coefficient (Wildman–Crippen LogP) is 3.41. The molecule has 2 aliphatic heterocycles. The molecular formula is C18H25Cl2N3O4. The van der Waals surface area contributed by atoms with Gasteiger partial charge in [0.2, 0.25) is 0 Å². The van der Waals surface area contributed by atoms with Crippen LogP contribution in [0.3, 0.4) is 0 Å². The van der Waals surface area contributed by atoms with Gasteiger partial charge in [-0.3, -0.25) is 4.79 Å². The lowest BCUT2D eigenvalue weighted by atomic mass is 9.89. The molecule has 2 fully saturated rings. The molecule has 0 radical (unpaired) electrons. The fourth-order valence-electron chi connectivity index (χ4n) is 3.13. The molecule has 2 saturated heterocycles. The summed E-state index contributed by atoms with van der Waals surface area (Å²) in [4.78, 5) is 25.7. The van der Waals surface area contributed by atoms with Crippen molar-refractivity contribution in [3.8, 4) is 0 Å². The van der Waals surface area contributed by atoms with Gasteiger partial charge in [0.05, 0.1) is 29.5 Å². The minimum absolute atomic E-state index is 0.143. The molecule has 9 heteroatoms. The Morgan fingerprint density at radius 3 is 2.44 bits per heavy atom. The summed E-state index contributed by atoms with van der Waals surface area (Å²) in [5.41, 5.74) is 0.372. The fraction of sp³-hybridized carbons (Fsp3) is 0.556. The van der Waals surface area contributed by atoms with E-state index in [0.29, 0.717) is 35.4 Å². The van der Waals surface area contributed by atoms with Gasteiger partial charge in [-0.05, 0) is 38.1 Å². The van der Waals surface area contributed by atoms with Crippen LogP contribution in [-0.2, 0) is 9.53 Å². The molecule has 3 rings (SSSR count). The van der Waals surface area contributed by atoms with Crippen LogP contribution in [0.4, 0.5) is 10.5 Å². The summed E-state index contributed by atoms with van der Waals surface area (Å²) in [5, 5.41) is 11.3. The maximum atomic E-state index is 12.6. The number of ether oxygens (including phenoxy) is 1. The Morgan fingerprint density at radius 1 is 1.22 bits per heavy atom. The van der Waals surface area contributed by atoms with Gasteiger partial charge in [-0.1, -0.05) is 23.2 Å². The van der Waals surface area contributed by atoms with Crippen LogP contribution in [0.25, 0.3) is 0 Å². The highest BCUT2D eigenvalue weighted by atomic mass is 35.5. The first-order valence-electron chi connectivity index (χ1n) is 8.74. The SMILES string of the molecule is CC(=O)O.CN1CCC2(CC1)CN(C(=O)Nc1ccc(Cl)cc1Cl)CCO2. The summed E-state index contributed by atoms with van der Waals surface area (Å²) in [6.07, 6.45) is 1.91. The van der Waals surface area contributed by atoms with Gasteiger partial charge >= 0.3 is 6.03 Å². The lowest BCUT2D eigenvalue weighted by Gasteiger charge is -2.46. The van der Waals surface area contributed by atoms with Crippen molar-refractivity contribution >= 4 is 40.9 Å². The number of carboxylic acid groups (broad SMARTS) is 1. The van der Waals surface area contributed by atoms with E-state index in [4.69, 9.17) is 37.8 Å². The molecule has 1 spiro atoms. The molecule has 0 atom stereocenters. The standard InChI is InChI=1S/C16H21Cl2N3O2.C2H4O2/c1-20-6-4-16(5-7-20)11-21(8-9-23-16)15(22)19-14-3-2-12(17)10-13(14)18;1-2(3)4/h2-3,10H,4-9,11H2,1H3,(H,19,22);1H3,(H,3,4). The van der Waals surface area contributed by atoms with Crippen molar-refractivity contribution < 1.29 is 19.4 Å².